The number of benzene rings is 1. The maximum atomic E-state index is 14.0. The van der Waals surface area contributed by atoms with E-state index in [1.54, 1.807) is 48.6 Å². The second kappa shape index (κ2) is 16.0. The summed E-state index contributed by atoms with van der Waals surface area (Å²) in [6.45, 7) is 9.89. The number of aliphatic hydroxyl groups is 1. The molecule has 6 aliphatic rings. The molecule has 9 heterocycles. The van der Waals surface area contributed by atoms with E-state index >= 15 is 0 Å². The molecule has 3 atom stereocenters. The summed E-state index contributed by atoms with van der Waals surface area (Å²) in [4.78, 5) is 95.3. The van der Waals surface area contributed by atoms with Crippen molar-refractivity contribution in [3.05, 3.63) is 111 Å². The zero-order valence-electron chi connectivity index (χ0n) is 38.7. The van der Waals surface area contributed by atoms with Crippen molar-refractivity contribution in [2.24, 2.45) is 17.9 Å². The number of nitrogens with zero attached hydrogens (tertiary/aromatic N) is 8. The Morgan fingerprint density at radius 3 is 2.41 bits per heavy atom. The Hall–Kier alpha value is -7.14. The molecule has 3 fully saturated rings. The number of aryl methyl sites for hydroxylation is 1. The fourth-order valence-electron chi connectivity index (χ4n) is 12.0. The fraction of sp³-hybridized carbons (Fsp3) is 0.412. The van der Waals surface area contributed by atoms with Crippen LogP contribution in [0.4, 0.5) is 28.7 Å². The highest BCUT2D eigenvalue weighted by Crippen LogP contribution is 2.46. The minimum absolute atomic E-state index is 0.0617. The maximum absolute atomic E-state index is 14.0. The van der Waals surface area contributed by atoms with Gasteiger partial charge < -0.3 is 29.4 Å². The number of piperidine rings is 2. The number of imide groups is 2. The van der Waals surface area contributed by atoms with Crippen LogP contribution in [0.3, 0.4) is 0 Å². The maximum Gasteiger partial charge on any atom is 0.276 e. The summed E-state index contributed by atoms with van der Waals surface area (Å²) in [6.07, 6.45) is 10.1. The molecule has 68 heavy (non-hydrogen) atoms. The standard InChI is InChI=1S/C51H54N10O7/c1-29-22-51(12-15-57(28-51)32-5-7-35-36(21-32)47(66)61(46(35)65)39-8-10-43(63)55-45(39)64)13-16-58(29)33-6-9-42(53-25-33)54-38-19-31(26-56(4)48(38)67)34-11-14-52-44(37(34)27-62)60-18-17-59-40(49(60)68)20-30-23-50(2,3)24-41(30)59/h5-7,9,11,14,19-21,25-26,29,39,62H,8,10,12-13,15-18,22-24,27-28H2,1-4H3,(H,53,54)(H,55,63,64)/t29-,39?,51-/m0/s1. The summed E-state index contributed by atoms with van der Waals surface area (Å²) in [5.41, 5.74) is 7.65. The number of nitrogens with one attached hydrogen (secondary N) is 2. The van der Waals surface area contributed by atoms with Gasteiger partial charge in [-0.2, -0.15) is 0 Å². The molecule has 1 unspecified atom stereocenters. The van der Waals surface area contributed by atoms with Crippen LogP contribution in [0.2, 0.25) is 0 Å². The van der Waals surface area contributed by atoms with Crippen molar-refractivity contribution >= 4 is 58.2 Å². The first-order valence-electron chi connectivity index (χ1n) is 23.5. The quantitative estimate of drug-likeness (QED) is 0.178. The molecule has 350 valence electrons. The lowest BCUT2D eigenvalue weighted by molar-refractivity contribution is -0.136. The predicted octanol–water partition coefficient (Wildman–Crippen LogP) is 4.95. The number of carbonyl (C=O) groups is 5. The molecule has 0 bridgehead atoms. The Morgan fingerprint density at radius 1 is 0.853 bits per heavy atom. The van der Waals surface area contributed by atoms with Gasteiger partial charge in [0.05, 0.1) is 29.6 Å². The molecule has 5 aliphatic heterocycles. The topological polar surface area (TPSA) is 195 Å². The van der Waals surface area contributed by atoms with Crippen LogP contribution >= 0.6 is 0 Å². The molecular weight excluding hydrogens is 865 g/mol. The third kappa shape index (κ3) is 7.16. The second-order valence-electron chi connectivity index (χ2n) is 20.4. The van der Waals surface area contributed by atoms with Crippen molar-refractivity contribution in [3.8, 4) is 11.1 Å². The number of aromatic nitrogens is 4. The van der Waals surface area contributed by atoms with Gasteiger partial charge in [0.2, 0.25) is 11.8 Å². The van der Waals surface area contributed by atoms with Gasteiger partial charge in [-0.05, 0) is 116 Å². The molecule has 3 N–H and O–H groups in total. The largest absolute Gasteiger partial charge is 0.392 e. The third-order valence-electron chi connectivity index (χ3n) is 15.3. The zero-order chi connectivity index (χ0) is 47.4. The van der Waals surface area contributed by atoms with Gasteiger partial charge in [-0.1, -0.05) is 13.8 Å². The Bertz CT molecular complexity index is 3050. The van der Waals surface area contributed by atoms with Gasteiger partial charge >= 0.3 is 0 Å². The molecule has 1 aromatic carbocycles. The van der Waals surface area contributed by atoms with Crippen LogP contribution in [0.25, 0.3) is 11.1 Å². The predicted molar refractivity (Wildman–Crippen MR) is 254 cm³/mol. The molecule has 5 amide bonds. The Kier molecular flexibility index (Phi) is 10.2. The second-order valence-corrected chi connectivity index (χ2v) is 20.4. The number of hydrogen-bond donors (Lipinski definition) is 3. The SMILES string of the molecule is C[C@H]1C[C@]2(CCN(c3ccc4c(c3)C(=O)N(C3CCC(=O)NC3=O)C4=O)C2)CCN1c1ccc(Nc2cc(-c3ccnc(N4CCn5c(cc6c5CC(C)(C)C6)C4=O)c3CO)cn(C)c2=O)nc1. The number of fused-ring (bicyclic) bond motifs is 4. The molecule has 17 heteroatoms. The van der Waals surface area contributed by atoms with Crippen molar-refractivity contribution in [1.29, 1.82) is 0 Å². The first-order valence-corrected chi connectivity index (χ1v) is 23.5. The minimum Gasteiger partial charge on any atom is -0.392 e. The Balaban J connectivity index is 0.756. The van der Waals surface area contributed by atoms with Crippen LogP contribution in [0.1, 0.15) is 101 Å². The molecule has 1 spiro atoms. The first kappa shape index (κ1) is 43.4. The normalized spacial score (nSPS) is 23.1. The minimum atomic E-state index is -1.00. The van der Waals surface area contributed by atoms with Crippen molar-refractivity contribution < 1.29 is 29.1 Å². The Morgan fingerprint density at radius 2 is 1.65 bits per heavy atom. The molecule has 4 aromatic heterocycles. The van der Waals surface area contributed by atoms with Crippen molar-refractivity contribution in [2.45, 2.75) is 91.0 Å². The van der Waals surface area contributed by atoms with E-state index in [0.717, 1.165) is 68.0 Å². The van der Waals surface area contributed by atoms with E-state index in [-0.39, 0.29) is 58.9 Å². The van der Waals surface area contributed by atoms with Crippen LogP contribution in [-0.2, 0) is 42.6 Å². The number of amides is 5. The average molecular weight is 919 g/mol. The van der Waals surface area contributed by atoms with E-state index in [4.69, 9.17) is 4.98 Å². The molecule has 5 aromatic rings. The fourth-order valence-corrected chi connectivity index (χ4v) is 12.0. The highest BCUT2D eigenvalue weighted by atomic mass is 16.3. The molecule has 0 radical (unpaired) electrons. The van der Waals surface area contributed by atoms with Crippen molar-refractivity contribution in [3.63, 3.8) is 0 Å². The van der Waals surface area contributed by atoms with Gasteiger partial charge in [-0.25, -0.2) is 9.97 Å². The summed E-state index contributed by atoms with van der Waals surface area (Å²) >= 11 is 0. The molecular formula is C51H54N10O7. The van der Waals surface area contributed by atoms with Gasteiger partial charge in [0, 0.05) is 87.1 Å². The molecule has 1 aliphatic carbocycles. The lowest BCUT2D eigenvalue weighted by Gasteiger charge is -2.45. The zero-order valence-corrected chi connectivity index (χ0v) is 38.7. The smallest absolute Gasteiger partial charge is 0.276 e. The first-order chi connectivity index (χ1) is 32.6. The molecule has 17 nitrogen and oxygen atoms in total. The Labute approximate surface area is 392 Å². The van der Waals surface area contributed by atoms with Crippen molar-refractivity contribution in [2.75, 3.05) is 46.2 Å². The van der Waals surface area contributed by atoms with Gasteiger partial charge in [0.1, 0.15) is 29.1 Å². The van der Waals surface area contributed by atoms with Gasteiger partial charge in [0.15, 0.2) is 0 Å². The average Bonchev–Trinajstić information content (AvgIpc) is 4.03. The lowest BCUT2D eigenvalue weighted by atomic mass is 9.75. The molecule has 3 saturated heterocycles. The number of aliphatic hydroxyl groups excluding tert-OH is 1. The molecule has 0 saturated carbocycles. The van der Waals surface area contributed by atoms with Gasteiger partial charge in [-0.3, -0.25) is 43.9 Å². The number of pyridine rings is 3. The summed E-state index contributed by atoms with van der Waals surface area (Å²) < 4.78 is 3.65. The van der Waals surface area contributed by atoms with E-state index in [1.807, 2.05) is 30.5 Å². The molecule has 11 rings (SSSR count). The summed E-state index contributed by atoms with van der Waals surface area (Å²) in [5.74, 6) is -1.28. The van der Waals surface area contributed by atoms with Crippen LogP contribution in [0, 0.1) is 10.8 Å². The highest BCUT2D eigenvalue weighted by molar-refractivity contribution is 6.23. The number of anilines is 5. The summed E-state index contributed by atoms with van der Waals surface area (Å²) in [6, 6.07) is 14.0. The highest BCUT2D eigenvalue weighted by Gasteiger charge is 2.47. The lowest BCUT2D eigenvalue weighted by Crippen LogP contribution is -2.54. The van der Waals surface area contributed by atoms with Crippen LogP contribution in [0.15, 0.2) is 71.9 Å². The van der Waals surface area contributed by atoms with Crippen LogP contribution in [0.5, 0.6) is 0 Å². The van der Waals surface area contributed by atoms with E-state index in [1.165, 1.54) is 15.8 Å². The van der Waals surface area contributed by atoms with Crippen LogP contribution < -0.4 is 30.9 Å². The number of hydrogen-bond acceptors (Lipinski definition) is 12. The van der Waals surface area contributed by atoms with E-state index in [2.05, 4.69) is 50.8 Å². The third-order valence-corrected chi connectivity index (χ3v) is 15.3. The van der Waals surface area contributed by atoms with E-state index in [9.17, 15) is 33.9 Å². The summed E-state index contributed by atoms with van der Waals surface area (Å²) in [7, 11) is 1.68. The van der Waals surface area contributed by atoms with Gasteiger partial charge in [0.25, 0.3) is 23.3 Å². The monoisotopic (exact) mass is 918 g/mol. The summed E-state index contributed by atoms with van der Waals surface area (Å²) in [5, 5.41) is 16.3. The van der Waals surface area contributed by atoms with Gasteiger partial charge in [-0.15, -0.1) is 0 Å². The number of rotatable bonds is 8. The van der Waals surface area contributed by atoms with E-state index < -0.39 is 29.7 Å². The van der Waals surface area contributed by atoms with E-state index in [0.29, 0.717) is 52.8 Å². The van der Waals surface area contributed by atoms with Crippen LogP contribution in [-0.4, -0.2) is 96.9 Å². The number of carbonyl (C=O) groups excluding carboxylic acids is 5. The van der Waals surface area contributed by atoms with Crippen molar-refractivity contribution in [1.82, 2.24) is 29.3 Å².